The highest BCUT2D eigenvalue weighted by Crippen LogP contribution is 2.25. The van der Waals surface area contributed by atoms with Gasteiger partial charge in [-0.25, -0.2) is 0 Å². The number of anilines is 1. The molecule has 2 unspecified atom stereocenters. The van der Waals surface area contributed by atoms with Crippen LogP contribution in [-0.4, -0.2) is 59.9 Å². The molecule has 1 saturated heterocycles. The van der Waals surface area contributed by atoms with Crippen molar-refractivity contribution in [3.05, 3.63) is 96.2 Å². The Morgan fingerprint density at radius 2 is 1.76 bits per heavy atom. The molecule has 1 aromatic heterocycles. The minimum atomic E-state index is -0.780. The normalized spacial score (nSPS) is 15.5. The van der Waals surface area contributed by atoms with Crippen molar-refractivity contribution < 1.29 is 19.1 Å². The highest BCUT2D eigenvalue weighted by Gasteiger charge is 2.36. The second-order valence-corrected chi connectivity index (χ2v) is 10.4. The Kier molecular flexibility index (Phi) is 8.67. The number of para-hydroxylation sites is 2. The Hall–Kier alpha value is -4.59. The molecule has 0 aliphatic carbocycles. The summed E-state index contributed by atoms with van der Waals surface area (Å²) in [5.41, 5.74) is 3.00. The number of likely N-dealkylation sites (tertiary alicyclic amines) is 1. The van der Waals surface area contributed by atoms with Crippen LogP contribution in [0.25, 0.3) is 10.9 Å². The Labute approximate surface area is 240 Å². The van der Waals surface area contributed by atoms with Gasteiger partial charge in [-0.1, -0.05) is 55.5 Å². The van der Waals surface area contributed by atoms with Crippen molar-refractivity contribution in [3.8, 4) is 5.75 Å². The van der Waals surface area contributed by atoms with Crippen LogP contribution in [0, 0.1) is 0 Å². The summed E-state index contributed by atoms with van der Waals surface area (Å²) in [4.78, 5) is 47.3. The van der Waals surface area contributed by atoms with Crippen molar-refractivity contribution in [2.45, 2.75) is 44.7 Å². The predicted octanol–water partition coefficient (Wildman–Crippen LogP) is 4.95. The molecular weight excluding hydrogens is 516 g/mol. The number of methoxy groups -OCH3 is 1. The molecule has 5 rings (SSSR count). The zero-order valence-corrected chi connectivity index (χ0v) is 23.5. The summed E-state index contributed by atoms with van der Waals surface area (Å²) in [6, 6.07) is 25.7. The summed E-state index contributed by atoms with van der Waals surface area (Å²) >= 11 is 0. The van der Waals surface area contributed by atoms with Crippen LogP contribution in [0.3, 0.4) is 0 Å². The quantitative estimate of drug-likeness (QED) is 0.291. The van der Waals surface area contributed by atoms with Gasteiger partial charge in [-0.15, -0.1) is 0 Å². The van der Waals surface area contributed by atoms with E-state index >= 15 is 0 Å². The maximum absolute atomic E-state index is 14.0. The van der Waals surface area contributed by atoms with Gasteiger partial charge in [0.25, 0.3) is 5.91 Å². The first kappa shape index (κ1) is 28.0. The molecule has 0 bridgehead atoms. The van der Waals surface area contributed by atoms with Crippen LogP contribution in [0.15, 0.2) is 84.9 Å². The number of hydrogen-bond donors (Lipinski definition) is 2. The number of amides is 3. The van der Waals surface area contributed by atoms with Crippen molar-refractivity contribution in [1.82, 2.24) is 15.2 Å². The second-order valence-electron chi connectivity index (χ2n) is 10.4. The van der Waals surface area contributed by atoms with Crippen LogP contribution in [0.4, 0.5) is 5.69 Å². The first-order valence-corrected chi connectivity index (χ1v) is 14.1. The third-order valence-electron chi connectivity index (χ3n) is 7.58. The number of benzene rings is 3. The van der Waals surface area contributed by atoms with Crippen molar-refractivity contribution in [2.24, 2.45) is 0 Å². The number of rotatable bonds is 10. The van der Waals surface area contributed by atoms with E-state index < -0.39 is 6.04 Å². The van der Waals surface area contributed by atoms with E-state index in [9.17, 15) is 14.4 Å². The van der Waals surface area contributed by atoms with Gasteiger partial charge in [-0.2, -0.15) is 0 Å². The number of H-pyrrole nitrogens is 1. The van der Waals surface area contributed by atoms with Gasteiger partial charge < -0.3 is 24.8 Å². The van der Waals surface area contributed by atoms with E-state index in [2.05, 4.69) is 10.3 Å². The molecule has 8 nitrogen and oxygen atoms in total. The van der Waals surface area contributed by atoms with Gasteiger partial charge in [0, 0.05) is 42.5 Å². The van der Waals surface area contributed by atoms with Gasteiger partial charge in [0.2, 0.25) is 11.8 Å². The third kappa shape index (κ3) is 6.43. The van der Waals surface area contributed by atoms with E-state index in [1.807, 2.05) is 90.7 Å². The Bertz CT molecular complexity index is 1470. The number of aromatic amines is 1. The van der Waals surface area contributed by atoms with Crippen molar-refractivity contribution in [2.75, 3.05) is 25.1 Å². The Morgan fingerprint density at radius 3 is 2.46 bits per heavy atom. The van der Waals surface area contributed by atoms with Gasteiger partial charge in [-0.3, -0.25) is 14.4 Å². The summed E-state index contributed by atoms with van der Waals surface area (Å²) in [7, 11) is 1.61. The summed E-state index contributed by atoms with van der Waals surface area (Å²) in [6.45, 7) is 2.91. The van der Waals surface area contributed by atoms with Crippen molar-refractivity contribution >= 4 is 34.3 Å². The van der Waals surface area contributed by atoms with Crippen LogP contribution in [0.5, 0.6) is 5.75 Å². The fraction of sp³-hybridized carbons (Fsp3) is 0.303. The lowest BCUT2D eigenvalue weighted by Gasteiger charge is -2.30. The number of nitrogens with one attached hydrogen (secondary N) is 2. The fourth-order valence-electron chi connectivity index (χ4n) is 5.48. The SMILES string of the molecule is CCCC(=O)N(c1ccccc1)C1CCN(C(=O)C(Cc2ccc(OC)cc2)NC(=O)c2cc3ccccc3[nH]2)C1. The van der Waals surface area contributed by atoms with Crippen LogP contribution in [-0.2, 0) is 16.0 Å². The summed E-state index contributed by atoms with van der Waals surface area (Å²) in [5, 5.41) is 3.92. The van der Waals surface area contributed by atoms with Gasteiger partial charge in [0.15, 0.2) is 0 Å². The first-order valence-electron chi connectivity index (χ1n) is 14.1. The van der Waals surface area contributed by atoms with Crippen molar-refractivity contribution in [1.29, 1.82) is 0 Å². The van der Waals surface area contributed by atoms with E-state index in [-0.39, 0.29) is 23.8 Å². The molecule has 0 saturated carbocycles. The molecule has 1 aliphatic heterocycles. The molecule has 2 heterocycles. The van der Waals surface area contributed by atoms with E-state index in [1.54, 1.807) is 18.1 Å². The highest BCUT2D eigenvalue weighted by atomic mass is 16.5. The number of carbonyl (C=O) groups is 3. The van der Waals surface area contributed by atoms with E-state index in [0.717, 1.165) is 34.3 Å². The molecular formula is C33H36N4O4. The molecule has 2 N–H and O–H groups in total. The first-order chi connectivity index (χ1) is 20.0. The topological polar surface area (TPSA) is 94.7 Å². The van der Waals surface area contributed by atoms with Gasteiger partial charge in [0.1, 0.15) is 17.5 Å². The van der Waals surface area contributed by atoms with Crippen LogP contribution >= 0.6 is 0 Å². The lowest BCUT2D eigenvalue weighted by atomic mass is 10.0. The average molecular weight is 553 g/mol. The third-order valence-corrected chi connectivity index (χ3v) is 7.58. The highest BCUT2D eigenvalue weighted by molar-refractivity contribution is 6.00. The number of nitrogens with zero attached hydrogens (tertiary/aromatic N) is 2. The number of fused-ring (bicyclic) bond motifs is 1. The molecule has 8 heteroatoms. The lowest BCUT2D eigenvalue weighted by Crippen LogP contribution is -2.50. The molecule has 0 spiro atoms. The van der Waals surface area contributed by atoms with Crippen LogP contribution < -0.4 is 15.0 Å². The molecule has 0 radical (unpaired) electrons. The van der Waals surface area contributed by atoms with E-state index in [1.165, 1.54) is 0 Å². The number of aromatic nitrogens is 1. The van der Waals surface area contributed by atoms with Gasteiger partial charge >= 0.3 is 0 Å². The van der Waals surface area contributed by atoms with Gasteiger partial charge in [-0.05, 0) is 54.8 Å². The molecule has 1 aliphatic rings. The number of hydrogen-bond acceptors (Lipinski definition) is 4. The summed E-state index contributed by atoms with van der Waals surface area (Å²) in [5.74, 6) is 0.273. The smallest absolute Gasteiger partial charge is 0.268 e. The average Bonchev–Trinajstić information content (AvgIpc) is 3.66. The largest absolute Gasteiger partial charge is 0.497 e. The minimum Gasteiger partial charge on any atom is -0.497 e. The Morgan fingerprint density at radius 1 is 1.02 bits per heavy atom. The molecule has 3 amide bonds. The fourth-order valence-corrected chi connectivity index (χ4v) is 5.48. The lowest BCUT2D eigenvalue weighted by molar-refractivity contribution is -0.132. The summed E-state index contributed by atoms with van der Waals surface area (Å²) in [6.07, 6.45) is 2.19. The molecule has 1 fully saturated rings. The number of carbonyl (C=O) groups excluding carboxylic acids is 3. The molecule has 212 valence electrons. The minimum absolute atomic E-state index is 0.0555. The standard InChI is InChI=1S/C33H36N4O4/c1-3-9-31(38)37(25-11-5-4-6-12-25)26-18-19-36(22-26)33(40)30(20-23-14-16-27(41-2)17-15-23)35-32(39)29-21-24-10-7-8-13-28(24)34-29/h4-8,10-17,21,26,30,34H,3,9,18-20,22H2,1-2H3,(H,35,39). The van der Waals surface area contributed by atoms with E-state index in [0.29, 0.717) is 38.0 Å². The summed E-state index contributed by atoms with van der Waals surface area (Å²) < 4.78 is 5.28. The maximum atomic E-state index is 14.0. The zero-order valence-electron chi connectivity index (χ0n) is 23.5. The van der Waals surface area contributed by atoms with Crippen LogP contribution in [0.2, 0.25) is 0 Å². The zero-order chi connectivity index (χ0) is 28.8. The molecule has 41 heavy (non-hydrogen) atoms. The van der Waals surface area contributed by atoms with Crippen molar-refractivity contribution in [3.63, 3.8) is 0 Å². The number of ether oxygens (including phenoxy) is 1. The molecule has 2 atom stereocenters. The molecule has 4 aromatic rings. The monoisotopic (exact) mass is 552 g/mol. The predicted molar refractivity (Wildman–Crippen MR) is 160 cm³/mol. The van der Waals surface area contributed by atoms with Gasteiger partial charge in [0.05, 0.1) is 13.2 Å². The van der Waals surface area contributed by atoms with E-state index in [4.69, 9.17) is 4.74 Å². The second kappa shape index (κ2) is 12.7. The Balaban J connectivity index is 1.36. The maximum Gasteiger partial charge on any atom is 0.268 e. The molecule has 3 aromatic carbocycles. The van der Waals surface area contributed by atoms with Crippen LogP contribution in [0.1, 0.15) is 42.2 Å².